The molecule has 172 valence electrons. The number of halogens is 2. The summed E-state index contributed by atoms with van der Waals surface area (Å²) in [6.45, 7) is 1.51. The average molecular weight is 474 g/mol. The molecule has 0 aliphatic rings. The van der Waals surface area contributed by atoms with Gasteiger partial charge in [-0.2, -0.15) is 9.90 Å². The van der Waals surface area contributed by atoms with Crippen LogP contribution in [0.4, 0.5) is 25.8 Å². The molecular formula is C21H20F2N6O3S. The molecule has 0 aliphatic heterocycles. The Labute approximate surface area is 187 Å². The van der Waals surface area contributed by atoms with Gasteiger partial charge in [0.25, 0.3) is 5.56 Å². The summed E-state index contributed by atoms with van der Waals surface area (Å²) in [5, 5.41) is 11.3. The topological polar surface area (TPSA) is 111 Å². The molecular weight excluding hydrogens is 454 g/mol. The number of nitrogens with one attached hydrogen (secondary N) is 2. The van der Waals surface area contributed by atoms with Gasteiger partial charge in [-0.1, -0.05) is 0 Å². The summed E-state index contributed by atoms with van der Waals surface area (Å²) < 4.78 is 55.7. The molecule has 0 saturated carbocycles. The van der Waals surface area contributed by atoms with Gasteiger partial charge in [-0.25, -0.2) is 17.2 Å². The van der Waals surface area contributed by atoms with Crippen LogP contribution >= 0.6 is 0 Å². The zero-order valence-corrected chi connectivity index (χ0v) is 18.7. The lowest BCUT2D eigenvalue weighted by Gasteiger charge is -2.16. The van der Waals surface area contributed by atoms with Crippen LogP contribution in [0.5, 0.6) is 0 Å². The number of benzene rings is 2. The number of anilines is 3. The Morgan fingerprint density at radius 3 is 2.36 bits per heavy atom. The van der Waals surface area contributed by atoms with Gasteiger partial charge in [-0.05, 0) is 37.3 Å². The van der Waals surface area contributed by atoms with Gasteiger partial charge in [0.2, 0.25) is 10.0 Å². The van der Waals surface area contributed by atoms with Crippen molar-refractivity contribution in [2.24, 2.45) is 14.1 Å². The standard InChI is InChI=1S/C21H20F2N6O3S/c1-4-33(31,32)27-13-6-8-17(24-18-7-5-12(22)9-16(18)23)14(10-13)15-11-28(2)21(30)20-19(15)25-29(3)26-20/h5-11,24,27H,4H2,1-3H3. The number of aryl methyl sites for hydroxylation is 2. The van der Waals surface area contributed by atoms with Crippen LogP contribution in [0.25, 0.3) is 22.2 Å². The highest BCUT2D eigenvalue weighted by Crippen LogP contribution is 2.36. The molecule has 0 atom stereocenters. The fourth-order valence-corrected chi connectivity index (χ4v) is 3.97. The number of fused-ring (bicyclic) bond motifs is 1. The van der Waals surface area contributed by atoms with Crippen molar-refractivity contribution in [3.8, 4) is 11.1 Å². The van der Waals surface area contributed by atoms with Crippen LogP contribution in [0.3, 0.4) is 0 Å². The zero-order valence-electron chi connectivity index (χ0n) is 17.9. The van der Waals surface area contributed by atoms with Gasteiger partial charge in [0.05, 0.1) is 11.4 Å². The van der Waals surface area contributed by atoms with E-state index in [4.69, 9.17) is 0 Å². The molecule has 9 nitrogen and oxygen atoms in total. The number of pyridine rings is 1. The quantitative estimate of drug-likeness (QED) is 0.444. The van der Waals surface area contributed by atoms with E-state index < -0.39 is 21.7 Å². The number of aromatic nitrogens is 4. The van der Waals surface area contributed by atoms with Gasteiger partial charge in [-0.3, -0.25) is 9.52 Å². The molecule has 0 fully saturated rings. The summed E-state index contributed by atoms with van der Waals surface area (Å²) in [7, 11) is -0.444. The highest BCUT2D eigenvalue weighted by atomic mass is 32.2. The van der Waals surface area contributed by atoms with E-state index in [2.05, 4.69) is 20.2 Å². The van der Waals surface area contributed by atoms with E-state index in [-0.39, 0.29) is 28.2 Å². The fraction of sp³-hybridized carbons (Fsp3) is 0.190. The monoisotopic (exact) mass is 474 g/mol. The third-order valence-electron chi connectivity index (χ3n) is 4.98. The molecule has 0 radical (unpaired) electrons. The lowest BCUT2D eigenvalue weighted by Crippen LogP contribution is -2.17. The average Bonchev–Trinajstić information content (AvgIpc) is 3.15. The third-order valence-corrected chi connectivity index (χ3v) is 6.28. The van der Waals surface area contributed by atoms with Crippen molar-refractivity contribution in [3.05, 3.63) is 64.6 Å². The van der Waals surface area contributed by atoms with Crippen molar-refractivity contribution in [1.82, 2.24) is 19.6 Å². The third kappa shape index (κ3) is 4.42. The molecule has 0 amide bonds. The highest BCUT2D eigenvalue weighted by molar-refractivity contribution is 7.92. The van der Waals surface area contributed by atoms with E-state index in [0.717, 1.165) is 12.1 Å². The lowest BCUT2D eigenvalue weighted by atomic mass is 10.0. The van der Waals surface area contributed by atoms with Crippen molar-refractivity contribution >= 4 is 38.1 Å². The summed E-state index contributed by atoms with van der Waals surface area (Å²) in [5.41, 5.74) is 1.60. The van der Waals surface area contributed by atoms with Crippen molar-refractivity contribution < 1.29 is 17.2 Å². The normalized spacial score (nSPS) is 11.7. The first kappa shape index (κ1) is 22.4. The summed E-state index contributed by atoms with van der Waals surface area (Å²) in [5.74, 6) is -1.65. The summed E-state index contributed by atoms with van der Waals surface area (Å²) in [4.78, 5) is 13.8. The van der Waals surface area contributed by atoms with E-state index in [9.17, 15) is 22.0 Å². The van der Waals surface area contributed by atoms with Crippen LogP contribution in [0.1, 0.15) is 6.92 Å². The number of sulfonamides is 1. The fourth-order valence-electron chi connectivity index (χ4n) is 3.34. The molecule has 2 heterocycles. The Bertz CT molecular complexity index is 1550. The van der Waals surface area contributed by atoms with Gasteiger partial charge in [0.15, 0.2) is 5.52 Å². The second-order valence-electron chi connectivity index (χ2n) is 7.36. The number of hydrogen-bond acceptors (Lipinski definition) is 6. The highest BCUT2D eigenvalue weighted by Gasteiger charge is 2.19. The smallest absolute Gasteiger partial charge is 0.280 e. The van der Waals surface area contributed by atoms with Gasteiger partial charge in [0, 0.05) is 48.9 Å². The van der Waals surface area contributed by atoms with E-state index in [1.54, 1.807) is 32.4 Å². The second kappa shape index (κ2) is 8.28. The van der Waals surface area contributed by atoms with E-state index in [0.29, 0.717) is 22.3 Å². The number of nitrogens with zero attached hydrogens (tertiary/aromatic N) is 4. The van der Waals surface area contributed by atoms with Crippen LogP contribution in [0, 0.1) is 11.6 Å². The Morgan fingerprint density at radius 1 is 0.970 bits per heavy atom. The van der Waals surface area contributed by atoms with E-state index in [1.165, 1.54) is 28.4 Å². The molecule has 2 N–H and O–H groups in total. The first-order valence-corrected chi connectivity index (χ1v) is 11.5. The molecule has 0 unspecified atom stereocenters. The zero-order chi connectivity index (χ0) is 23.9. The minimum absolute atomic E-state index is 0.0137. The van der Waals surface area contributed by atoms with E-state index >= 15 is 0 Å². The van der Waals surface area contributed by atoms with Crippen LogP contribution in [-0.4, -0.2) is 33.7 Å². The molecule has 0 spiro atoms. The Balaban J connectivity index is 1.95. The molecule has 2 aromatic heterocycles. The van der Waals surface area contributed by atoms with Crippen LogP contribution < -0.4 is 15.6 Å². The van der Waals surface area contributed by atoms with Gasteiger partial charge >= 0.3 is 0 Å². The summed E-state index contributed by atoms with van der Waals surface area (Å²) in [6.07, 6.45) is 1.54. The molecule has 0 bridgehead atoms. The first-order chi connectivity index (χ1) is 15.6. The predicted molar refractivity (Wildman–Crippen MR) is 122 cm³/mol. The summed E-state index contributed by atoms with van der Waals surface area (Å²) >= 11 is 0. The molecule has 4 aromatic rings. The first-order valence-electron chi connectivity index (χ1n) is 9.85. The van der Waals surface area contributed by atoms with Crippen LogP contribution in [0.2, 0.25) is 0 Å². The van der Waals surface area contributed by atoms with Crippen molar-refractivity contribution in [2.75, 3.05) is 15.8 Å². The molecule has 0 aliphatic carbocycles. The maximum atomic E-state index is 14.3. The largest absolute Gasteiger partial charge is 0.353 e. The molecule has 2 aromatic carbocycles. The van der Waals surface area contributed by atoms with Crippen LogP contribution in [0.15, 0.2) is 47.4 Å². The molecule has 4 rings (SSSR count). The number of rotatable bonds is 6. The van der Waals surface area contributed by atoms with Gasteiger partial charge in [-0.15, -0.1) is 5.10 Å². The van der Waals surface area contributed by atoms with Gasteiger partial charge in [0.1, 0.15) is 17.2 Å². The Kier molecular flexibility index (Phi) is 5.62. The molecule has 33 heavy (non-hydrogen) atoms. The van der Waals surface area contributed by atoms with Crippen molar-refractivity contribution in [3.63, 3.8) is 0 Å². The minimum atomic E-state index is -3.57. The van der Waals surface area contributed by atoms with Gasteiger partial charge < -0.3 is 9.88 Å². The summed E-state index contributed by atoms with van der Waals surface area (Å²) in [6, 6.07) is 7.72. The van der Waals surface area contributed by atoms with Crippen molar-refractivity contribution in [2.45, 2.75) is 6.92 Å². The van der Waals surface area contributed by atoms with E-state index in [1.807, 2.05) is 0 Å². The molecule has 12 heteroatoms. The molecule has 0 saturated heterocycles. The second-order valence-corrected chi connectivity index (χ2v) is 9.37. The lowest BCUT2D eigenvalue weighted by molar-refractivity contribution is 0.586. The van der Waals surface area contributed by atoms with Crippen LogP contribution in [-0.2, 0) is 24.1 Å². The maximum Gasteiger partial charge on any atom is 0.280 e. The Morgan fingerprint density at radius 2 is 1.67 bits per heavy atom. The predicted octanol–water partition coefficient (Wildman–Crippen LogP) is 3.12. The maximum absolute atomic E-state index is 14.3. The van der Waals surface area contributed by atoms with Crippen molar-refractivity contribution in [1.29, 1.82) is 0 Å². The Hall–Kier alpha value is -3.80. The minimum Gasteiger partial charge on any atom is -0.353 e. The number of hydrogen-bond donors (Lipinski definition) is 2. The SMILES string of the molecule is CCS(=O)(=O)Nc1ccc(Nc2ccc(F)cc2F)c(-c2cn(C)c(=O)c3nn(C)nc23)c1.